The molecule has 162 valence electrons. The van der Waals surface area contributed by atoms with Gasteiger partial charge in [0.1, 0.15) is 21.6 Å². The molecular formula is C25H19O6S-. The highest BCUT2D eigenvalue weighted by Gasteiger charge is 2.42. The molecule has 0 aliphatic carbocycles. The zero-order chi connectivity index (χ0) is 22.2. The highest BCUT2D eigenvalue weighted by Crippen LogP contribution is 2.42. The summed E-state index contributed by atoms with van der Waals surface area (Å²) in [4.78, 5) is -0.278. The van der Waals surface area contributed by atoms with Crippen LogP contribution in [-0.2, 0) is 21.5 Å². The standard InChI is InChI=1S/C25H20O6S/c26-32(27,28)22-9-5-6-18(14-22)16-29-17-21-15-20-8-2-4-11-24(20)31-25(21)13-12-19-7-1-3-10-23(19)30-25/h1-15H,16-17H2,(H,26,27,28)/p-1. The molecule has 6 nitrogen and oxygen atoms in total. The van der Waals surface area contributed by atoms with E-state index in [1.807, 2.05) is 66.8 Å². The Balaban J connectivity index is 1.41. The predicted molar refractivity (Wildman–Crippen MR) is 118 cm³/mol. The Hall–Kier alpha value is -3.39. The van der Waals surface area contributed by atoms with Crippen molar-refractivity contribution in [2.75, 3.05) is 6.61 Å². The summed E-state index contributed by atoms with van der Waals surface area (Å²) in [5, 5.41) is 0. The second-order valence-electron chi connectivity index (χ2n) is 7.54. The van der Waals surface area contributed by atoms with Crippen LogP contribution in [0.3, 0.4) is 0 Å². The zero-order valence-corrected chi connectivity index (χ0v) is 17.7. The molecule has 0 N–H and O–H groups in total. The Labute approximate surface area is 186 Å². The lowest BCUT2D eigenvalue weighted by Crippen LogP contribution is -2.46. The van der Waals surface area contributed by atoms with Crippen molar-refractivity contribution in [1.29, 1.82) is 0 Å². The lowest BCUT2D eigenvalue weighted by molar-refractivity contribution is -0.0526. The molecule has 0 saturated carbocycles. The number of hydrogen-bond donors (Lipinski definition) is 0. The summed E-state index contributed by atoms with van der Waals surface area (Å²) >= 11 is 0. The summed E-state index contributed by atoms with van der Waals surface area (Å²) in [6.45, 7) is 0.300. The lowest BCUT2D eigenvalue weighted by Gasteiger charge is -2.39. The van der Waals surface area contributed by atoms with E-state index in [2.05, 4.69) is 0 Å². The molecule has 0 bridgehead atoms. The van der Waals surface area contributed by atoms with Crippen molar-refractivity contribution in [2.24, 2.45) is 0 Å². The van der Waals surface area contributed by atoms with E-state index in [9.17, 15) is 13.0 Å². The highest BCUT2D eigenvalue weighted by atomic mass is 32.2. The van der Waals surface area contributed by atoms with Gasteiger partial charge in [0, 0.05) is 22.8 Å². The van der Waals surface area contributed by atoms with Crippen molar-refractivity contribution < 1.29 is 27.2 Å². The van der Waals surface area contributed by atoms with Crippen LogP contribution in [0, 0.1) is 0 Å². The van der Waals surface area contributed by atoms with Gasteiger partial charge in [0.05, 0.1) is 18.1 Å². The number of benzene rings is 3. The number of ether oxygens (including phenoxy) is 3. The van der Waals surface area contributed by atoms with Crippen molar-refractivity contribution in [3.8, 4) is 11.5 Å². The Morgan fingerprint density at radius 2 is 1.53 bits per heavy atom. The number of fused-ring (bicyclic) bond motifs is 2. The first-order valence-corrected chi connectivity index (χ1v) is 11.4. The van der Waals surface area contributed by atoms with Crippen molar-refractivity contribution in [3.05, 3.63) is 101 Å². The first-order valence-electron chi connectivity index (χ1n) is 10.0. The molecule has 0 fully saturated rings. The van der Waals surface area contributed by atoms with Crippen molar-refractivity contribution in [3.63, 3.8) is 0 Å². The molecule has 1 unspecified atom stereocenters. The average molecular weight is 447 g/mol. The largest absolute Gasteiger partial charge is 0.744 e. The molecular weight excluding hydrogens is 428 g/mol. The first kappa shape index (κ1) is 20.5. The van der Waals surface area contributed by atoms with Crippen LogP contribution in [0.1, 0.15) is 16.7 Å². The van der Waals surface area contributed by atoms with Crippen LogP contribution in [-0.4, -0.2) is 25.4 Å². The molecule has 0 saturated heterocycles. The fourth-order valence-corrected chi connectivity index (χ4v) is 4.30. The molecule has 2 aliphatic rings. The normalized spacial score (nSPS) is 18.8. The maximum absolute atomic E-state index is 11.3. The smallest absolute Gasteiger partial charge is 0.297 e. The van der Waals surface area contributed by atoms with E-state index in [4.69, 9.17) is 14.2 Å². The molecule has 32 heavy (non-hydrogen) atoms. The quantitative estimate of drug-likeness (QED) is 0.540. The van der Waals surface area contributed by atoms with Crippen LogP contribution in [0.25, 0.3) is 12.2 Å². The fraction of sp³-hybridized carbons (Fsp3) is 0.120. The van der Waals surface area contributed by atoms with Crippen LogP contribution in [0.2, 0.25) is 0 Å². The molecule has 7 heteroatoms. The molecule has 1 atom stereocenters. The molecule has 0 amide bonds. The van der Waals surface area contributed by atoms with Crippen LogP contribution < -0.4 is 9.47 Å². The third-order valence-electron chi connectivity index (χ3n) is 5.33. The van der Waals surface area contributed by atoms with Gasteiger partial charge in [-0.3, -0.25) is 0 Å². The molecule has 5 rings (SSSR count). The van der Waals surface area contributed by atoms with Crippen molar-refractivity contribution >= 4 is 22.3 Å². The van der Waals surface area contributed by atoms with Gasteiger partial charge < -0.3 is 18.8 Å². The molecule has 2 heterocycles. The molecule has 0 aromatic heterocycles. The third-order valence-corrected chi connectivity index (χ3v) is 6.17. The van der Waals surface area contributed by atoms with Gasteiger partial charge in [-0.15, -0.1) is 0 Å². The second-order valence-corrected chi connectivity index (χ2v) is 8.92. The number of rotatable bonds is 5. The number of para-hydroxylation sites is 2. The minimum Gasteiger partial charge on any atom is -0.744 e. The SMILES string of the molecule is O=S(=O)([O-])c1cccc(COCC2=Cc3ccccc3OC23C=Cc2ccccc2O3)c1. The third kappa shape index (κ3) is 3.93. The molecule has 1 spiro atoms. The van der Waals surface area contributed by atoms with Gasteiger partial charge in [0.25, 0.3) is 5.79 Å². The predicted octanol–water partition coefficient (Wildman–Crippen LogP) is 4.39. The van der Waals surface area contributed by atoms with Gasteiger partial charge in [-0.2, -0.15) is 0 Å². The average Bonchev–Trinajstić information content (AvgIpc) is 2.79. The molecule has 2 aliphatic heterocycles. The van der Waals surface area contributed by atoms with Crippen LogP contribution in [0.15, 0.2) is 89.3 Å². The zero-order valence-electron chi connectivity index (χ0n) is 16.9. The van der Waals surface area contributed by atoms with Crippen LogP contribution in [0.4, 0.5) is 0 Å². The van der Waals surface area contributed by atoms with E-state index in [0.29, 0.717) is 17.1 Å². The Bertz CT molecular complexity index is 1340. The van der Waals surface area contributed by atoms with Gasteiger partial charge >= 0.3 is 0 Å². The van der Waals surface area contributed by atoms with Gasteiger partial charge in [-0.05, 0) is 42.0 Å². The minimum absolute atomic E-state index is 0.124. The second kappa shape index (κ2) is 7.94. The summed E-state index contributed by atoms with van der Waals surface area (Å²) in [5.41, 5.74) is 3.21. The van der Waals surface area contributed by atoms with E-state index in [-0.39, 0.29) is 18.1 Å². The topological polar surface area (TPSA) is 84.9 Å². The van der Waals surface area contributed by atoms with Gasteiger partial charge in [0.2, 0.25) is 0 Å². The Morgan fingerprint density at radius 3 is 2.28 bits per heavy atom. The summed E-state index contributed by atoms with van der Waals surface area (Å²) < 4.78 is 52.4. The maximum atomic E-state index is 11.3. The van der Waals surface area contributed by atoms with E-state index < -0.39 is 15.9 Å². The maximum Gasteiger partial charge on any atom is 0.297 e. The molecule has 0 radical (unpaired) electrons. The minimum atomic E-state index is -4.52. The Morgan fingerprint density at radius 1 is 0.844 bits per heavy atom. The molecule has 3 aromatic rings. The van der Waals surface area contributed by atoms with Crippen molar-refractivity contribution in [2.45, 2.75) is 17.3 Å². The first-order chi connectivity index (χ1) is 15.4. The summed E-state index contributed by atoms with van der Waals surface area (Å²) in [6.07, 6.45) is 5.81. The highest BCUT2D eigenvalue weighted by molar-refractivity contribution is 7.85. The molecule has 3 aromatic carbocycles. The van der Waals surface area contributed by atoms with Gasteiger partial charge in [-0.25, -0.2) is 8.42 Å². The fourth-order valence-electron chi connectivity index (χ4n) is 3.76. The summed E-state index contributed by atoms with van der Waals surface area (Å²) in [5.74, 6) is 0.255. The van der Waals surface area contributed by atoms with E-state index in [1.54, 1.807) is 6.07 Å². The lowest BCUT2D eigenvalue weighted by atomic mass is 9.96. The van der Waals surface area contributed by atoms with Crippen LogP contribution in [0.5, 0.6) is 11.5 Å². The summed E-state index contributed by atoms with van der Waals surface area (Å²) in [7, 11) is -4.52. The van der Waals surface area contributed by atoms with Crippen molar-refractivity contribution in [1.82, 2.24) is 0 Å². The Kier molecular flexibility index (Phi) is 5.09. The van der Waals surface area contributed by atoms with E-state index >= 15 is 0 Å². The van der Waals surface area contributed by atoms with Crippen LogP contribution >= 0.6 is 0 Å². The summed E-state index contributed by atoms with van der Waals surface area (Å²) in [6, 6.07) is 21.2. The monoisotopic (exact) mass is 447 g/mol. The number of hydrogen-bond acceptors (Lipinski definition) is 6. The van der Waals surface area contributed by atoms with Gasteiger partial charge in [0.15, 0.2) is 0 Å². The van der Waals surface area contributed by atoms with Gasteiger partial charge in [-0.1, -0.05) is 48.5 Å². The van der Waals surface area contributed by atoms with E-state index in [1.165, 1.54) is 18.2 Å². The van der Waals surface area contributed by atoms with E-state index in [0.717, 1.165) is 16.7 Å².